The largest absolute Gasteiger partial charge is 0.497 e. The maximum Gasteiger partial charge on any atom is 0.319 e. The van der Waals surface area contributed by atoms with Gasteiger partial charge in [-0.15, -0.1) is 0 Å². The molecule has 8 heteroatoms. The van der Waals surface area contributed by atoms with Crippen LogP contribution in [0.4, 0.5) is 16.2 Å². The Labute approximate surface area is 144 Å². The average Bonchev–Trinajstić information content (AvgIpc) is 2.62. The average molecular weight is 345 g/mol. The number of non-ortho nitro benzene ring substituents is 1. The zero-order chi connectivity index (χ0) is 18.2. The SMILES string of the molecule is COc1cccc(CCNC(=O)Nc2ccc([N+](=O)[O-])cc2OC)c1. The fourth-order valence-corrected chi connectivity index (χ4v) is 2.21. The summed E-state index contributed by atoms with van der Waals surface area (Å²) in [6.07, 6.45) is 0.641. The van der Waals surface area contributed by atoms with Crippen LogP contribution in [0.1, 0.15) is 5.56 Å². The maximum atomic E-state index is 12.0. The molecular formula is C17H19N3O5. The highest BCUT2D eigenvalue weighted by molar-refractivity contribution is 5.91. The number of hydrogen-bond donors (Lipinski definition) is 2. The highest BCUT2D eigenvalue weighted by atomic mass is 16.6. The van der Waals surface area contributed by atoms with Crippen LogP contribution in [0.25, 0.3) is 0 Å². The van der Waals surface area contributed by atoms with E-state index in [-0.39, 0.29) is 11.4 Å². The number of rotatable bonds is 7. The minimum Gasteiger partial charge on any atom is -0.497 e. The third-order valence-electron chi connectivity index (χ3n) is 3.48. The maximum absolute atomic E-state index is 12.0. The Morgan fingerprint density at radius 3 is 2.64 bits per heavy atom. The lowest BCUT2D eigenvalue weighted by Gasteiger charge is -2.11. The summed E-state index contributed by atoms with van der Waals surface area (Å²) >= 11 is 0. The molecule has 0 radical (unpaired) electrons. The lowest BCUT2D eigenvalue weighted by molar-refractivity contribution is -0.384. The first-order chi connectivity index (χ1) is 12.0. The third-order valence-corrected chi connectivity index (χ3v) is 3.48. The van der Waals surface area contributed by atoms with E-state index < -0.39 is 11.0 Å². The first kappa shape index (κ1) is 18.1. The van der Waals surface area contributed by atoms with Crippen molar-refractivity contribution in [2.45, 2.75) is 6.42 Å². The number of carbonyl (C=O) groups excluding carboxylic acids is 1. The molecule has 2 rings (SSSR count). The smallest absolute Gasteiger partial charge is 0.319 e. The van der Waals surface area contributed by atoms with Crippen molar-refractivity contribution in [1.82, 2.24) is 5.32 Å². The number of ether oxygens (including phenoxy) is 2. The van der Waals surface area contributed by atoms with Crippen molar-refractivity contribution in [3.63, 3.8) is 0 Å². The number of amides is 2. The normalized spacial score (nSPS) is 10.0. The number of nitrogens with one attached hydrogen (secondary N) is 2. The second-order valence-corrected chi connectivity index (χ2v) is 5.12. The van der Waals surface area contributed by atoms with Gasteiger partial charge in [0.05, 0.1) is 30.9 Å². The Balaban J connectivity index is 1.90. The van der Waals surface area contributed by atoms with Gasteiger partial charge in [-0.1, -0.05) is 12.1 Å². The van der Waals surface area contributed by atoms with Gasteiger partial charge in [-0.2, -0.15) is 0 Å². The highest BCUT2D eigenvalue weighted by Gasteiger charge is 2.13. The Morgan fingerprint density at radius 1 is 1.16 bits per heavy atom. The van der Waals surface area contributed by atoms with Gasteiger partial charge < -0.3 is 20.1 Å². The van der Waals surface area contributed by atoms with Crippen molar-refractivity contribution < 1.29 is 19.2 Å². The van der Waals surface area contributed by atoms with Crippen LogP contribution in [-0.4, -0.2) is 31.7 Å². The van der Waals surface area contributed by atoms with E-state index in [1.54, 1.807) is 7.11 Å². The molecule has 0 heterocycles. The first-order valence-corrected chi connectivity index (χ1v) is 7.53. The van der Waals surface area contributed by atoms with Gasteiger partial charge in [-0.3, -0.25) is 10.1 Å². The number of nitrogens with zero attached hydrogens (tertiary/aromatic N) is 1. The summed E-state index contributed by atoms with van der Waals surface area (Å²) in [6.45, 7) is 0.425. The molecule has 0 fully saturated rings. The molecule has 2 amide bonds. The number of hydrogen-bond acceptors (Lipinski definition) is 5. The van der Waals surface area contributed by atoms with Crippen molar-refractivity contribution in [2.24, 2.45) is 0 Å². The number of urea groups is 1. The molecule has 0 saturated carbocycles. The lowest BCUT2D eigenvalue weighted by atomic mass is 10.1. The number of anilines is 1. The van der Waals surface area contributed by atoms with E-state index in [2.05, 4.69) is 10.6 Å². The zero-order valence-corrected chi connectivity index (χ0v) is 13.9. The summed E-state index contributed by atoms with van der Waals surface area (Å²) in [5.74, 6) is 0.981. The van der Waals surface area contributed by atoms with E-state index in [4.69, 9.17) is 9.47 Å². The van der Waals surface area contributed by atoms with Crippen molar-refractivity contribution in [3.8, 4) is 11.5 Å². The fraction of sp³-hybridized carbons (Fsp3) is 0.235. The van der Waals surface area contributed by atoms with Crippen molar-refractivity contribution >= 4 is 17.4 Å². The Bertz CT molecular complexity index is 764. The molecule has 0 aliphatic carbocycles. The number of benzene rings is 2. The zero-order valence-electron chi connectivity index (χ0n) is 13.9. The van der Waals surface area contributed by atoms with E-state index >= 15 is 0 Å². The molecule has 8 nitrogen and oxygen atoms in total. The first-order valence-electron chi connectivity index (χ1n) is 7.53. The van der Waals surface area contributed by atoms with E-state index in [0.29, 0.717) is 18.7 Å². The summed E-state index contributed by atoms with van der Waals surface area (Å²) in [7, 11) is 2.98. The molecule has 0 atom stereocenters. The van der Waals surface area contributed by atoms with Crippen molar-refractivity contribution in [3.05, 3.63) is 58.1 Å². The summed E-state index contributed by atoms with van der Waals surface area (Å²) in [6, 6.07) is 11.1. The quantitative estimate of drug-likeness (QED) is 0.593. The molecule has 132 valence electrons. The highest BCUT2D eigenvalue weighted by Crippen LogP contribution is 2.28. The van der Waals surface area contributed by atoms with Crippen LogP contribution in [0.5, 0.6) is 11.5 Å². The van der Waals surface area contributed by atoms with Crippen LogP contribution in [0.3, 0.4) is 0 Å². The molecular weight excluding hydrogens is 326 g/mol. The van der Waals surface area contributed by atoms with E-state index in [9.17, 15) is 14.9 Å². The van der Waals surface area contributed by atoms with Crippen LogP contribution in [0.15, 0.2) is 42.5 Å². The van der Waals surface area contributed by atoms with Crippen molar-refractivity contribution in [1.29, 1.82) is 0 Å². The summed E-state index contributed by atoms with van der Waals surface area (Å²) < 4.78 is 10.2. The predicted molar refractivity (Wildman–Crippen MR) is 93.4 cm³/mol. The summed E-state index contributed by atoms with van der Waals surface area (Å²) in [5.41, 5.74) is 1.28. The Morgan fingerprint density at radius 2 is 1.96 bits per heavy atom. The second kappa shape index (κ2) is 8.53. The molecule has 2 aromatic rings. The van der Waals surface area contributed by atoms with E-state index in [0.717, 1.165) is 11.3 Å². The van der Waals surface area contributed by atoms with Crippen LogP contribution >= 0.6 is 0 Å². The van der Waals surface area contributed by atoms with Gasteiger partial charge in [0, 0.05) is 12.6 Å². The minimum atomic E-state index is -0.527. The molecule has 0 aliphatic rings. The number of carbonyl (C=O) groups is 1. The van der Waals surface area contributed by atoms with Gasteiger partial charge in [-0.05, 0) is 30.2 Å². The van der Waals surface area contributed by atoms with E-state index in [1.807, 2.05) is 24.3 Å². The van der Waals surface area contributed by atoms with Gasteiger partial charge in [0.1, 0.15) is 11.5 Å². The summed E-state index contributed by atoms with van der Waals surface area (Å²) in [5, 5.41) is 16.1. The third kappa shape index (κ3) is 5.10. The minimum absolute atomic E-state index is 0.110. The number of nitro groups is 1. The van der Waals surface area contributed by atoms with Gasteiger partial charge in [0.15, 0.2) is 0 Å². The standard InChI is InChI=1S/C17H19N3O5/c1-24-14-5-3-4-12(10-14)8-9-18-17(21)19-15-7-6-13(20(22)23)11-16(15)25-2/h3-7,10-11H,8-9H2,1-2H3,(H2,18,19,21). The van der Waals surface area contributed by atoms with Crippen LogP contribution in [-0.2, 0) is 6.42 Å². The number of methoxy groups -OCH3 is 2. The van der Waals surface area contributed by atoms with Gasteiger partial charge in [0.25, 0.3) is 5.69 Å². The molecule has 25 heavy (non-hydrogen) atoms. The van der Waals surface area contributed by atoms with Gasteiger partial charge in [-0.25, -0.2) is 4.79 Å². The van der Waals surface area contributed by atoms with E-state index in [1.165, 1.54) is 25.3 Å². The molecule has 0 unspecified atom stereocenters. The molecule has 2 aromatic carbocycles. The molecule has 0 bridgehead atoms. The van der Waals surface area contributed by atoms with Crippen LogP contribution in [0.2, 0.25) is 0 Å². The Hall–Kier alpha value is -3.29. The molecule has 0 saturated heterocycles. The van der Waals surface area contributed by atoms with Crippen LogP contribution in [0, 0.1) is 10.1 Å². The Kier molecular flexibility index (Phi) is 6.16. The van der Waals surface area contributed by atoms with Crippen LogP contribution < -0.4 is 20.1 Å². The second-order valence-electron chi connectivity index (χ2n) is 5.12. The van der Waals surface area contributed by atoms with Crippen molar-refractivity contribution in [2.75, 3.05) is 26.1 Å². The lowest BCUT2D eigenvalue weighted by Crippen LogP contribution is -2.30. The number of nitro benzene ring substituents is 1. The molecule has 0 aliphatic heterocycles. The van der Waals surface area contributed by atoms with Gasteiger partial charge >= 0.3 is 6.03 Å². The molecule has 0 aromatic heterocycles. The topological polar surface area (TPSA) is 103 Å². The molecule has 2 N–H and O–H groups in total. The summed E-state index contributed by atoms with van der Waals surface area (Å²) in [4.78, 5) is 22.2. The predicted octanol–water partition coefficient (Wildman–Crippen LogP) is 2.98. The fourth-order valence-electron chi connectivity index (χ4n) is 2.21. The molecule has 0 spiro atoms. The monoisotopic (exact) mass is 345 g/mol. The van der Waals surface area contributed by atoms with Gasteiger partial charge in [0.2, 0.25) is 0 Å².